The maximum Gasteiger partial charge on any atom is 0.339 e. The lowest BCUT2D eigenvalue weighted by atomic mass is 9.89. The molecular formula is C24H24Cl4N6O6. The maximum atomic E-state index is 12.9. The van der Waals surface area contributed by atoms with E-state index in [0.29, 0.717) is 50.6 Å². The molecule has 214 valence electrons. The number of rotatable bonds is 7. The Hall–Kier alpha value is -2.16. The third-order valence-corrected chi connectivity index (χ3v) is 9.34. The highest BCUT2D eigenvalue weighted by Gasteiger charge is 2.59. The number of aromatic nitrogens is 2. The van der Waals surface area contributed by atoms with Crippen LogP contribution in [0.15, 0.2) is 24.5 Å². The minimum atomic E-state index is -2.14. The van der Waals surface area contributed by atoms with Gasteiger partial charge >= 0.3 is 11.9 Å². The molecule has 40 heavy (non-hydrogen) atoms. The highest BCUT2D eigenvalue weighted by molar-refractivity contribution is 6.41. The van der Waals surface area contributed by atoms with Crippen LogP contribution in [0.5, 0.6) is 0 Å². The molecule has 0 amide bonds. The topological polar surface area (TPSA) is 149 Å². The van der Waals surface area contributed by atoms with Gasteiger partial charge in [0, 0.05) is 26.2 Å². The molecule has 4 aliphatic rings. The first-order valence-electron chi connectivity index (χ1n) is 12.4. The summed E-state index contributed by atoms with van der Waals surface area (Å²) in [4.78, 5) is 37.7. The number of hydrogen-bond donors (Lipinski definition) is 4. The number of aliphatic hydroxyl groups is 2. The van der Waals surface area contributed by atoms with E-state index < -0.39 is 35.3 Å². The van der Waals surface area contributed by atoms with E-state index in [1.54, 1.807) is 24.5 Å². The molecule has 4 fully saturated rings. The molecule has 12 nitrogen and oxygen atoms in total. The van der Waals surface area contributed by atoms with Gasteiger partial charge in [0.05, 0.1) is 59.0 Å². The number of carbonyl (C=O) groups excluding carboxylic acids is 2. The van der Waals surface area contributed by atoms with Crippen molar-refractivity contribution in [3.8, 4) is 0 Å². The molecule has 0 aromatic carbocycles. The number of hydrogen-bond acceptors (Lipinski definition) is 12. The second-order valence-electron chi connectivity index (χ2n) is 10.4. The normalized spacial score (nSPS) is 30.1. The minimum absolute atomic E-state index is 0.177. The van der Waals surface area contributed by atoms with Gasteiger partial charge in [0.2, 0.25) is 0 Å². The van der Waals surface area contributed by atoms with Gasteiger partial charge in [-0.25, -0.2) is 19.6 Å². The fraction of sp³-hybridized carbons (Fsp3) is 0.500. The number of ether oxygens (including phenoxy) is 2. The van der Waals surface area contributed by atoms with Crippen molar-refractivity contribution in [3.63, 3.8) is 0 Å². The number of esters is 2. The third kappa shape index (κ3) is 4.74. The molecule has 2 aromatic rings. The van der Waals surface area contributed by atoms with Crippen LogP contribution in [-0.2, 0) is 19.1 Å². The van der Waals surface area contributed by atoms with E-state index in [4.69, 9.17) is 55.9 Å². The number of nitrogens with zero attached hydrogens (tertiary/aromatic N) is 4. The molecule has 4 aliphatic heterocycles. The van der Waals surface area contributed by atoms with Crippen LogP contribution >= 0.6 is 46.4 Å². The first-order valence-corrected chi connectivity index (χ1v) is 13.9. The summed E-state index contributed by atoms with van der Waals surface area (Å²) >= 11 is 24.0. The third-order valence-electron chi connectivity index (χ3n) is 7.97. The number of anilines is 2. The fourth-order valence-electron chi connectivity index (χ4n) is 5.58. The van der Waals surface area contributed by atoms with Gasteiger partial charge in [0.25, 0.3) is 0 Å². The Balaban J connectivity index is 1.07. The van der Waals surface area contributed by atoms with Crippen LogP contribution in [0.3, 0.4) is 0 Å². The standard InChI is InChI=1S/C24H24Cl4N6O6/c25-13-1-11(3-29-19(13)27)33-5-15-23(9-33,7-31-15)39-21(37)17(35)18(36)22(38)40-24-8-32-16(24)6-34(10-24)12-2-14(26)20(28)30-4-12/h1-4,15-18,31-32,35-36H,5-10H2/t15-,16-,17?,18?,23+,24+/m0/s1. The van der Waals surface area contributed by atoms with Crippen molar-refractivity contribution in [2.45, 2.75) is 35.5 Å². The van der Waals surface area contributed by atoms with Crippen molar-refractivity contribution in [3.05, 3.63) is 44.9 Å². The van der Waals surface area contributed by atoms with E-state index in [9.17, 15) is 19.8 Å². The zero-order valence-electron chi connectivity index (χ0n) is 20.7. The second-order valence-corrected chi connectivity index (χ2v) is 12.0. The average molecular weight is 634 g/mol. The molecule has 6 rings (SSSR count). The molecule has 0 saturated carbocycles. The van der Waals surface area contributed by atoms with Gasteiger partial charge < -0.3 is 40.1 Å². The Morgan fingerprint density at radius 1 is 0.825 bits per heavy atom. The number of nitrogens with one attached hydrogen (secondary N) is 2. The number of halogens is 4. The summed E-state index contributed by atoms with van der Waals surface area (Å²) in [5, 5.41) is 28.4. The van der Waals surface area contributed by atoms with Gasteiger partial charge in [-0.15, -0.1) is 0 Å². The summed E-state index contributed by atoms with van der Waals surface area (Å²) in [7, 11) is 0. The largest absolute Gasteiger partial charge is 0.452 e. The maximum absolute atomic E-state index is 12.9. The van der Waals surface area contributed by atoms with E-state index in [1.807, 2.05) is 9.80 Å². The smallest absolute Gasteiger partial charge is 0.339 e. The van der Waals surface area contributed by atoms with Crippen LogP contribution in [0, 0.1) is 0 Å². The van der Waals surface area contributed by atoms with Crippen LogP contribution in [0.1, 0.15) is 0 Å². The number of carbonyl (C=O) groups is 2. The number of pyridine rings is 2. The molecule has 16 heteroatoms. The van der Waals surface area contributed by atoms with Gasteiger partial charge in [0.15, 0.2) is 23.4 Å². The fourth-order valence-corrected chi connectivity index (χ4v) is 6.11. The predicted molar refractivity (Wildman–Crippen MR) is 146 cm³/mol. The molecule has 0 spiro atoms. The lowest BCUT2D eigenvalue weighted by Crippen LogP contribution is -2.70. The summed E-state index contributed by atoms with van der Waals surface area (Å²) in [5.41, 5.74) is -0.546. The Kier molecular flexibility index (Phi) is 7.19. The molecule has 2 unspecified atom stereocenters. The Morgan fingerprint density at radius 2 is 1.23 bits per heavy atom. The average Bonchev–Trinajstić information content (AvgIpc) is 3.31. The SMILES string of the molecule is O=C(O[C@@]12CN[C@H]1CN(c1cnc(Cl)c(Cl)c1)C2)C(O)C(O)C(=O)O[C@@]12CN[C@H]1CN(c1cnc(Cl)c(Cl)c1)C2. The Bertz CT molecular complexity index is 1270. The van der Waals surface area contributed by atoms with E-state index in [-0.39, 0.29) is 32.4 Å². The summed E-state index contributed by atoms with van der Waals surface area (Å²) in [5.74, 6) is -2.25. The quantitative estimate of drug-likeness (QED) is 0.251. The first-order chi connectivity index (χ1) is 19.0. The van der Waals surface area contributed by atoms with Crippen molar-refractivity contribution < 1.29 is 29.3 Å². The van der Waals surface area contributed by atoms with E-state index in [0.717, 1.165) is 0 Å². The van der Waals surface area contributed by atoms with Crippen LogP contribution in [0.2, 0.25) is 20.4 Å². The molecule has 6 atom stereocenters. The van der Waals surface area contributed by atoms with Crippen LogP contribution in [0.4, 0.5) is 11.4 Å². The van der Waals surface area contributed by atoms with E-state index in [1.165, 1.54) is 0 Å². The molecule has 4 N–H and O–H groups in total. The second kappa shape index (κ2) is 10.3. The monoisotopic (exact) mass is 632 g/mol. The molecule has 2 aromatic heterocycles. The predicted octanol–water partition coefficient (Wildman–Crippen LogP) is 0.660. The van der Waals surface area contributed by atoms with E-state index in [2.05, 4.69) is 20.6 Å². The zero-order valence-corrected chi connectivity index (χ0v) is 23.7. The summed E-state index contributed by atoms with van der Waals surface area (Å²) in [6.07, 6.45) is -1.15. The molecule has 0 radical (unpaired) electrons. The van der Waals surface area contributed by atoms with Crippen LogP contribution < -0.4 is 20.4 Å². The van der Waals surface area contributed by atoms with Crippen molar-refractivity contribution >= 4 is 69.7 Å². The molecule has 4 saturated heterocycles. The lowest BCUT2D eigenvalue weighted by Gasteiger charge is -2.44. The first kappa shape index (κ1) is 28.0. The van der Waals surface area contributed by atoms with Gasteiger partial charge in [-0.05, 0) is 12.1 Å². The Morgan fingerprint density at radius 3 is 1.55 bits per heavy atom. The zero-order chi connectivity index (χ0) is 28.4. The summed E-state index contributed by atoms with van der Waals surface area (Å²) < 4.78 is 11.3. The number of fused-ring (bicyclic) bond motifs is 2. The minimum Gasteiger partial charge on any atom is -0.452 e. The number of aliphatic hydroxyl groups excluding tert-OH is 2. The van der Waals surface area contributed by atoms with Gasteiger partial charge in [-0.2, -0.15) is 0 Å². The van der Waals surface area contributed by atoms with Crippen molar-refractivity contribution in [2.24, 2.45) is 0 Å². The van der Waals surface area contributed by atoms with Crippen LogP contribution in [-0.4, -0.2) is 107 Å². The summed E-state index contributed by atoms with van der Waals surface area (Å²) in [6, 6.07) is 2.86. The highest BCUT2D eigenvalue weighted by atomic mass is 35.5. The Labute approximate surface area is 248 Å². The van der Waals surface area contributed by atoms with Gasteiger partial charge in [-0.1, -0.05) is 46.4 Å². The highest BCUT2D eigenvalue weighted by Crippen LogP contribution is 2.38. The van der Waals surface area contributed by atoms with Crippen molar-refractivity contribution in [2.75, 3.05) is 49.1 Å². The summed E-state index contributed by atoms with van der Waals surface area (Å²) in [6.45, 7) is 2.21. The van der Waals surface area contributed by atoms with Gasteiger partial charge in [-0.3, -0.25) is 0 Å². The van der Waals surface area contributed by atoms with Crippen LogP contribution in [0.25, 0.3) is 0 Å². The lowest BCUT2D eigenvalue weighted by molar-refractivity contribution is -0.196. The molecule has 0 bridgehead atoms. The van der Waals surface area contributed by atoms with E-state index >= 15 is 0 Å². The van der Waals surface area contributed by atoms with Crippen molar-refractivity contribution in [1.29, 1.82) is 0 Å². The molecule has 0 aliphatic carbocycles. The van der Waals surface area contributed by atoms with Gasteiger partial charge in [0.1, 0.15) is 10.3 Å². The molecule has 6 heterocycles. The molecular weight excluding hydrogens is 610 g/mol. The van der Waals surface area contributed by atoms with Crippen molar-refractivity contribution in [1.82, 2.24) is 20.6 Å².